The molecule has 4 aromatic rings. The third-order valence-electron chi connectivity index (χ3n) is 8.22. The van der Waals surface area contributed by atoms with Crippen LogP contribution in [-0.2, 0) is 29.2 Å². The molecule has 8 bridgehead atoms. The fourth-order valence-corrected chi connectivity index (χ4v) is 5.59. The van der Waals surface area contributed by atoms with Gasteiger partial charge in [0.05, 0.1) is 41.2 Å². The Balaban J connectivity index is 1.46. The van der Waals surface area contributed by atoms with Crippen molar-refractivity contribution < 1.29 is 17.9 Å². The summed E-state index contributed by atoms with van der Waals surface area (Å²) in [5.74, 6) is -4.28. The number of hydrogen-bond donors (Lipinski definition) is 1. The van der Waals surface area contributed by atoms with Crippen molar-refractivity contribution in [1.29, 1.82) is 5.26 Å². The summed E-state index contributed by atoms with van der Waals surface area (Å²) in [5.41, 5.74) is -0.811. The summed E-state index contributed by atoms with van der Waals surface area (Å²) >= 11 is 0. The number of nitriles is 1. The van der Waals surface area contributed by atoms with Crippen molar-refractivity contribution in [3.8, 4) is 6.07 Å². The largest absolute Gasteiger partial charge is 0.375 e. The number of alkyl halides is 2. The fourth-order valence-electron chi connectivity index (χ4n) is 5.59. The zero-order valence-corrected chi connectivity index (χ0v) is 23.7. The topological polar surface area (TPSA) is 124 Å². The highest BCUT2D eigenvalue weighted by molar-refractivity contribution is 5.87. The molecule has 0 unspecified atom stereocenters. The Kier molecular flexibility index (Phi) is 7.64. The van der Waals surface area contributed by atoms with Crippen LogP contribution in [0, 0.1) is 17.1 Å². The minimum atomic E-state index is -3.52. The monoisotopic (exact) mass is 592 g/mol. The van der Waals surface area contributed by atoms with Crippen molar-refractivity contribution in [2.75, 3.05) is 18.5 Å². The Morgan fingerprint density at radius 2 is 1.95 bits per heavy atom. The van der Waals surface area contributed by atoms with E-state index in [1.807, 2.05) is 0 Å². The van der Waals surface area contributed by atoms with Gasteiger partial charge in [0.2, 0.25) is 0 Å². The summed E-state index contributed by atoms with van der Waals surface area (Å²) in [6.07, 6.45) is 7.14. The van der Waals surface area contributed by atoms with Crippen LogP contribution < -0.4 is 10.9 Å². The average molecular weight is 593 g/mol. The van der Waals surface area contributed by atoms with E-state index in [0.29, 0.717) is 48.1 Å². The quantitative estimate of drug-likeness (QED) is 0.328. The van der Waals surface area contributed by atoms with E-state index in [9.17, 15) is 10.1 Å². The van der Waals surface area contributed by atoms with Crippen molar-refractivity contribution in [3.63, 3.8) is 0 Å². The maximum absolute atomic E-state index is 15.6. The number of aromatic nitrogens is 6. The van der Waals surface area contributed by atoms with Crippen LogP contribution in [0.4, 0.5) is 19.0 Å². The number of nitrogens with zero attached hydrogens (tertiary/aromatic N) is 7. The normalized spacial score (nSPS) is 20.4. The minimum absolute atomic E-state index is 0.0203. The first-order chi connectivity index (χ1) is 20.7. The molecule has 1 aliphatic carbocycles. The Bertz CT molecular complexity index is 1760. The number of anilines is 1. The van der Waals surface area contributed by atoms with Gasteiger partial charge in [-0.1, -0.05) is 30.2 Å². The SMILES string of the molecule is C[C@H]1Nc2ncnc3c2cc(C2(C#N)CC2)c(=O)n3Cc2cn(nn2)CCCCCCOCC(F)(F)c2cccc1c2F. The molecule has 1 N–H and O–H groups in total. The van der Waals surface area contributed by atoms with E-state index < -0.39 is 35.4 Å². The van der Waals surface area contributed by atoms with Crippen molar-refractivity contribution in [2.45, 2.75) is 75.9 Å². The molecule has 0 spiro atoms. The smallest absolute Gasteiger partial charge is 0.298 e. The van der Waals surface area contributed by atoms with Gasteiger partial charge in [-0.3, -0.25) is 14.0 Å². The minimum Gasteiger partial charge on any atom is -0.375 e. The van der Waals surface area contributed by atoms with Gasteiger partial charge < -0.3 is 10.1 Å². The predicted molar refractivity (Wildman–Crippen MR) is 151 cm³/mol. The van der Waals surface area contributed by atoms with Gasteiger partial charge in [-0.2, -0.15) is 14.0 Å². The lowest BCUT2D eigenvalue weighted by molar-refractivity contribution is -0.0853. The molecule has 13 heteroatoms. The number of fused-ring (bicyclic) bond motifs is 4. The molecule has 1 saturated carbocycles. The molecule has 0 amide bonds. The Morgan fingerprint density at radius 3 is 2.74 bits per heavy atom. The van der Waals surface area contributed by atoms with Crippen LogP contribution in [0.1, 0.15) is 73.9 Å². The fraction of sp³-hybridized carbons (Fsp3) is 0.467. The van der Waals surface area contributed by atoms with Gasteiger partial charge in [0.25, 0.3) is 11.5 Å². The molecule has 1 atom stereocenters. The van der Waals surface area contributed by atoms with E-state index >= 15 is 13.2 Å². The van der Waals surface area contributed by atoms with Crippen LogP contribution in [-0.4, -0.2) is 42.7 Å². The maximum Gasteiger partial charge on any atom is 0.298 e. The first-order valence-electron chi connectivity index (χ1n) is 14.4. The molecule has 1 fully saturated rings. The standard InChI is InChI=1S/C30H31F3N8O2/c1-19-21-7-6-8-23(25(21)31)30(32,33)17-43-12-5-3-2-4-11-40-14-20(38-39-40)15-41-27-22(26(37-19)35-18-36-27)13-24(28(41)42)29(16-34)9-10-29/h6-8,13-14,18-19H,2-5,9-12,15,17H2,1H3,(H,35,36,37)/t19-/m1/s1. The number of ether oxygens (including phenoxy) is 1. The second-order valence-electron chi connectivity index (χ2n) is 11.3. The summed E-state index contributed by atoms with van der Waals surface area (Å²) in [6, 6.07) is 7.02. The molecule has 0 radical (unpaired) electrons. The van der Waals surface area contributed by atoms with Gasteiger partial charge in [0.1, 0.15) is 35.9 Å². The Labute approximate surface area is 245 Å². The highest BCUT2D eigenvalue weighted by Gasteiger charge is 2.47. The highest BCUT2D eigenvalue weighted by atomic mass is 19.3. The van der Waals surface area contributed by atoms with Crippen LogP contribution in [0.3, 0.4) is 0 Å². The van der Waals surface area contributed by atoms with E-state index in [2.05, 4.69) is 31.7 Å². The summed E-state index contributed by atoms with van der Waals surface area (Å²) in [7, 11) is 0. The number of rotatable bonds is 1. The van der Waals surface area contributed by atoms with Crippen molar-refractivity contribution in [3.05, 3.63) is 75.3 Å². The Morgan fingerprint density at radius 1 is 1.14 bits per heavy atom. The van der Waals surface area contributed by atoms with Gasteiger partial charge in [-0.15, -0.1) is 5.10 Å². The third-order valence-corrected chi connectivity index (χ3v) is 8.22. The number of hydrogen-bond acceptors (Lipinski definition) is 8. The summed E-state index contributed by atoms with van der Waals surface area (Å²) < 4.78 is 54.2. The lowest BCUT2D eigenvalue weighted by Gasteiger charge is -2.22. The zero-order chi connectivity index (χ0) is 30.2. The number of nitrogens with one attached hydrogen (secondary N) is 1. The van der Waals surface area contributed by atoms with E-state index in [-0.39, 0.29) is 30.1 Å². The van der Waals surface area contributed by atoms with Crippen molar-refractivity contribution >= 4 is 16.9 Å². The number of pyridine rings is 1. The van der Waals surface area contributed by atoms with E-state index in [0.717, 1.165) is 25.3 Å². The lowest BCUT2D eigenvalue weighted by atomic mass is 9.97. The van der Waals surface area contributed by atoms with Crippen LogP contribution in [0.5, 0.6) is 0 Å². The molecular formula is C30H31F3N8O2. The molecule has 2 aliphatic rings. The Hall–Kier alpha value is -4.31. The number of halogens is 3. The predicted octanol–water partition coefficient (Wildman–Crippen LogP) is 4.98. The molecule has 1 aliphatic heterocycles. The van der Waals surface area contributed by atoms with Gasteiger partial charge in [0.15, 0.2) is 0 Å². The molecular weight excluding hydrogens is 561 g/mol. The number of benzene rings is 1. The van der Waals surface area contributed by atoms with E-state index in [4.69, 9.17) is 4.74 Å². The van der Waals surface area contributed by atoms with Crippen molar-refractivity contribution in [1.82, 2.24) is 29.5 Å². The zero-order valence-electron chi connectivity index (χ0n) is 23.7. The molecule has 43 heavy (non-hydrogen) atoms. The molecule has 1 aromatic carbocycles. The van der Waals surface area contributed by atoms with E-state index in [1.165, 1.54) is 23.0 Å². The lowest BCUT2D eigenvalue weighted by Crippen LogP contribution is -2.29. The van der Waals surface area contributed by atoms with Gasteiger partial charge in [-0.25, -0.2) is 14.4 Å². The highest BCUT2D eigenvalue weighted by Crippen LogP contribution is 2.47. The van der Waals surface area contributed by atoms with Crippen LogP contribution >= 0.6 is 0 Å². The summed E-state index contributed by atoms with van der Waals surface area (Å²) in [4.78, 5) is 22.5. The summed E-state index contributed by atoms with van der Waals surface area (Å²) in [5, 5.41) is 22.0. The van der Waals surface area contributed by atoms with Crippen LogP contribution in [0.25, 0.3) is 11.0 Å². The summed E-state index contributed by atoms with van der Waals surface area (Å²) in [6.45, 7) is 1.53. The van der Waals surface area contributed by atoms with Gasteiger partial charge in [0, 0.05) is 24.3 Å². The second kappa shape index (κ2) is 11.4. The molecule has 3 aromatic heterocycles. The molecule has 224 valence electrons. The molecule has 6 rings (SSSR count). The first-order valence-corrected chi connectivity index (χ1v) is 14.4. The van der Waals surface area contributed by atoms with Gasteiger partial charge >= 0.3 is 0 Å². The molecule has 10 nitrogen and oxygen atoms in total. The average Bonchev–Trinajstić information content (AvgIpc) is 3.66. The molecule has 4 heterocycles. The van der Waals surface area contributed by atoms with E-state index in [1.54, 1.807) is 23.9 Å². The number of aryl methyl sites for hydroxylation is 1. The first kappa shape index (κ1) is 28.8. The van der Waals surface area contributed by atoms with Crippen LogP contribution in [0.15, 0.2) is 41.6 Å². The van der Waals surface area contributed by atoms with Gasteiger partial charge in [-0.05, 0) is 44.7 Å². The third kappa shape index (κ3) is 5.59. The molecule has 0 saturated heterocycles. The van der Waals surface area contributed by atoms with Crippen molar-refractivity contribution in [2.24, 2.45) is 0 Å². The maximum atomic E-state index is 15.6. The second-order valence-corrected chi connectivity index (χ2v) is 11.3. The van der Waals surface area contributed by atoms with Crippen LogP contribution in [0.2, 0.25) is 0 Å².